The molecule has 3 nitrogen and oxygen atoms in total. The zero-order chi connectivity index (χ0) is 37.0. The van der Waals surface area contributed by atoms with E-state index in [4.69, 9.17) is 9.97 Å². The van der Waals surface area contributed by atoms with Gasteiger partial charge in [-0.1, -0.05) is 170 Å². The number of hydrogen-bond acceptors (Lipinski definition) is 3. The summed E-state index contributed by atoms with van der Waals surface area (Å²) < 4.78 is 5.03. The average Bonchev–Trinajstić information content (AvgIpc) is 3.83. The van der Waals surface area contributed by atoms with Crippen LogP contribution in [0.1, 0.15) is 0 Å². The van der Waals surface area contributed by atoms with E-state index in [-0.39, 0.29) is 0 Å². The van der Waals surface area contributed by atoms with E-state index in [1.54, 1.807) is 0 Å². The Balaban J connectivity index is 1.15. The van der Waals surface area contributed by atoms with Crippen molar-refractivity contribution >= 4 is 53.3 Å². The van der Waals surface area contributed by atoms with E-state index in [2.05, 4.69) is 187 Å². The van der Waals surface area contributed by atoms with Gasteiger partial charge >= 0.3 is 0 Å². The Hall–Kier alpha value is -7.14. The summed E-state index contributed by atoms with van der Waals surface area (Å²) in [6, 6.07) is 71.2. The van der Waals surface area contributed by atoms with Gasteiger partial charge in [-0.15, -0.1) is 11.3 Å². The predicted molar refractivity (Wildman–Crippen MR) is 236 cm³/mol. The maximum absolute atomic E-state index is 5.32. The second-order valence-corrected chi connectivity index (χ2v) is 15.2. The van der Waals surface area contributed by atoms with Crippen LogP contribution in [-0.4, -0.2) is 14.5 Å². The van der Waals surface area contributed by atoms with Gasteiger partial charge < -0.3 is 4.57 Å². The minimum atomic E-state index is 0.702. The van der Waals surface area contributed by atoms with Crippen LogP contribution in [0.25, 0.3) is 104 Å². The number of thiophene rings is 1. The molecule has 8 aromatic carbocycles. The molecule has 0 aliphatic rings. The topological polar surface area (TPSA) is 30.7 Å². The molecule has 0 fully saturated rings. The van der Waals surface area contributed by atoms with Gasteiger partial charge in [0.05, 0.1) is 32.8 Å². The fourth-order valence-corrected chi connectivity index (χ4v) is 9.60. The fraction of sp³-hybridized carbons (Fsp3) is 0. The molecule has 0 radical (unpaired) electrons. The monoisotopic (exact) mass is 731 g/mol. The lowest BCUT2D eigenvalue weighted by atomic mass is 9.99. The number of nitrogens with zero attached hydrogens (tertiary/aromatic N) is 3. The van der Waals surface area contributed by atoms with Gasteiger partial charge in [0.1, 0.15) is 0 Å². The molecule has 56 heavy (non-hydrogen) atoms. The van der Waals surface area contributed by atoms with E-state index < -0.39 is 0 Å². The van der Waals surface area contributed by atoms with Crippen LogP contribution in [0.15, 0.2) is 200 Å². The van der Waals surface area contributed by atoms with Crippen LogP contribution in [0.5, 0.6) is 0 Å². The summed E-state index contributed by atoms with van der Waals surface area (Å²) in [5.74, 6) is 0.702. The molecular formula is C52H33N3S. The standard InChI is InChI=1S/C52H33N3S/c1-4-16-34(17-5-1)37-22-12-23-38(32-37)44-33-45(54-52(53-44)36-20-8-3-9-21-36)42-28-15-30-47-49(42)43-24-10-11-29-46(43)55(47)48-31-14-27-41-40-26-13-25-39(50(40)56-51(41)48)35-18-6-2-7-19-35/h1-33H. The molecule has 0 N–H and O–H groups in total. The summed E-state index contributed by atoms with van der Waals surface area (Å²) in [4.78, 5) is 10.5. The molecule has 0 saturated heterocycles. The van der Waals surface area contributed by atoms with E-state index in [0.29, 0.717) is 5.82 Å². The molecule has 0 aliphatic heterocycles. The summed E-state index contributed by atoms with van der Waals surface area (Å²) in [5.41, 5.74) is 13.2. The highest BCUT2D eigenvalue weighted by atomic mass is 32.1. The molecule has 0 amide bonds. The number of para-hydroxylation sites is 1. The van der Waals surface area contributed by atoms with Crippen molar-refractivity contribution in [2.24, 2.45) is 0 Å². The van der Waals surface area contributed by atoms with Crippen molar-refractivity contribution in [3.05, 3.63) is 200 Å². The molecule has 3 aromatic heterocycles. The van der Waals surface area contributed by atoms with Gasteiger partial charge in [0.25, 0.3) is 0 Å². The lowest BCUT2D eigenvalue weighted by molar-refractivity contribution is 1.18. The maximum Gasteiger partial charge on any atom is 0.160 e. The second kappa shape index (κ2) is 13.3. The first-order valence-corrected chi connectivity index (χ1v) is 19.7. The molecular weight excluding hydrogens is 699 g/mol. The Morgan fingerprint density at radius 2 is 0.911 bits per heavy atom. The molecule has 0 spiro atoms. The first-order chi connectivity index (χ1) is 27.8. The Kier molecular flexibility index (Phi) is 7.68. The van der Waals surface area contributed by atoms with E-state index in [9.17, 15) is 0 Å². The zero-order valence-electron chi connectivity index (χ0n) is 30.3. The molecule has 262 valence electrons. The van der Waals surface area contributed by atoms with Crippen LogP contribution in [0.3, 0.4) is 0 Å². The van der Waals surface area contributed by atoms with E-state index in [0.717, 1.165) is 44.7 Å². The number of aromatic nitrogens is 3. The highest BCUT2D eigenvalue weighted by molar-refractivity contribution is 7.26. The van der Waals surface area contributed by atoms with Gasteiger partial charge in [-0.05, 0) is 52.6 Å². The fourth-order valence-electron chi connectivity index (χ4n) is 8.26. The summed E-state index contributed by atoms with van der Waals surface area (Å²) >= 11 is 1.88. The highest BCUT2D eigenvalue weighted by Crippen LogP contribution is 2.45. The maximum atomic E-state index is 5.32. The Labute approximate surface area is 328 Å². The molecule has 0 bridgehead atoms. The molecule has 0 aliphatic carbocycles. The van der Waals surface area contributed by atoms with Gasteiger partial charge in [-0.2, -0.15) is 0 Å². The van der Waals surface area contributed by atoms with Crippen LogP contribution in [-0.2, 0) is 0 Å². The molecule has 11 aromatic rings. The quantitative estimate of drug-likeness (QED) is 0.170. The SMILES string of the molecule is c1ccc(-c2cccc(-c3cc(-c4cccc5c4c4ccccc4n5-c4cccc5c4sc4c(-c6ccccc6)cccc45)nc(-c4ccccc4)n3)c2)cc1. The summed E-state index contributed by atoms with van der Waals surface area (Å²) in [6.07, 6.45) is 0. The minimum absolute atomic E-state index is 0.702. The lowest BCUT2D eigenvalue weighted by Crippen LogP contribution is -1.97. The highest BCUT2D eigenvalue weighted by Gasteiger charge is 2.21. The molecule has 4 heteroatoms. The van der Waals surface area contributed by atoms with Gasteiger partial charge in [0.15, 0.2) is 5.82 Å². The van der Waals surface area contributed by atoms with Gasteiger partial charge in [0, 0.05) is 42.9 Å². The summed E-state index contributed by atoms with van der Waals surface area (Å²) in [6.45, 7) is 0. The van der Waals surface area contributed by atoms with Crippen molar-refractivity contribution in [2.45, 2.75) is 0 Å². The van der Waals surface area contributed by atoms with Gasteiger partial charge in [0.2, 0.25) is 0 Å². The molecule has 0 saturated carbocycles. The number of benzene rings is 8. The third-order valence-electron chi connectivity index (χ3n) is 10.8. The van der Waals surface area contributed by atoms with Crippen molar-refractivity contribution in [1.29, 1.82) is 0 Å². The third kappa shape index (κ3) is 5.34. The van der Waals surface area contributed by atoms with Crippen LogP contribution >= 0.6 is 11.3 Å². The Morgan fingerprint density at radius 3 is 1.71 bits per heavy atom. The summed E-state index contributed by atoms with van der Waals surface area (Å²) in [7, 11) is 0. The van der Waals surface area contributed by atoms with Crippen molar-refractivity contribution in [3.63, 3.8) is 0 Å². The molecule has 11 rings (SSSR count). The van der Waals surface area contributed by atoms with E-state index >= 15 is 0 Å². The van der Waals surface area contributed by atoms with Crippen LogP contribution < -0.4 is 0 Å². The van der Waals surface area contributed by atoms with Crippen molar-refractivity contribution in [2.75, 3.05) is 0 Å². The molecule has 0 atom stereocenters. The summed E-state index contributed by atoms with van der Waals surface area (Å²) in [5, 5.41) is 4.92. The Morgan fingerprint density at radius 1 is 0.357 bits per heavy atom. The Bertz CT molecular complexity index is 3240. The van der Waals surface area contributed by atoms with Gasteiger partial charge in [-0.25, -0.2) is 9.97 Å². The predicted octanol–water partition coefficient (Wildman–Crippen LogP) is 14.3. The van der Waals surface area contributed by atoms with Crippen LogP contribution in [0.2, 0.25) is 0 Å². The van der Waals surface area contributed by atoms with E-state index in [1.165, 1.54) is 53.3 Å². The van der Waals surface area contributed by atoms with Crippen molar-refractivity contribution in [3.8, 4) is 61.8 Å². The van der Waals surface area contributed by atoms with E-state index in [1.807, 2.05) is 29.5 Å². The number of fused-ring (bicyclic) bond motifs is 6. The third-order valence-corrected chi connectivity index (χ3v) is 12.1. The number of hydrogen-bond donors (Lipinski definition) is 0. The zero-order valence-corrected chi connectivity index (χ0v) is 31.1. The first kappa shape index (κ1) is 32.3. The average molecular weight is 732 g/mol. The smallest absolute Gasteiger partial charge is 0.160 e. The lowest BCUT2D eigenvalue weighted by Gasteiger charge is -2.12. The second-order valence-electron chi connectivity index (χ2n) is 14.1. The van der Waals surface area contributed by atoms with Gasteiger partial charge in [-0.3, -0.25) is 0 Å². The van der Waals surface area contributed by atoms with Crippen molar-refractivity contribution < 1.29 is 0 Å². The number of rotatable bonds is 6. The van der Waals surface area contributed by atoms with Crippen LogP contribution in [0, 0.1) is 0 Å². The largest absolute Gasteiger partial charge is 0.308 e. The molecule has 0 unspecified atom stereocenters. The van der Waals surface area contributed by atoms with Crippen LogP contribution in [0.4, 0.5) is 0 Å². The normalized spacial score (nSPS) is 11.6. The first-order valence-electron chi connectivity index (χ1n) is 18.9. The minimum Gasteiger partial charge on any atom is -0.308 e. The molecule has 3 heterocycles. The van der Waals surface area contributed by atoms with Crippen molar-refractivity contribution in [1.82, 2.24) is 14.5 Å².